The normalized spacial score (nSPS) is 16.3. The minimum absolute atomic E-state index is 0.319. The molecule has 0 amide bonds. The van der Waals surface area contributed by atoms with Gasteiger partial charge in [0, 0.05) is 49.0 Å². The smallest absolute Gasteiger partial charge is 0.338 e. The van der Waals surface area contributed by atoms with Crippen molar-refractivity contribution in [3.63, 3.8) is 0 Å². The van der Waals surface area contributed by atoms with Crippen molar-refractivity contribution in [2.45, 2.75) is 77.3 Å². The van der Waals surface area contributed by atoms with Gasteiger partial charge in [-0.3, -0.25) is 19.3 Å². The molecule has 2 fully saturated rings. The molecule has 6 rings (SSSR count). The maximum atomic E-state index is 12.0. The Morgan fingerprint density at radius 1 is 0.714 bits per heavy atom. The van der Waals surface area contributed by atoms with Crippen molar-refractivity contribution in [3.05, 3.63) is 94.1 Å². The fourth-order valence-corrected chi connectivity index (χ4v) is 7.09. The summed E-state index contributed by atoms with van der Waals surface area (Å²) >= 11 is 0. The highest BCUT2D eigenvalue weighted by molar-refractivity contribution is 5.91. The molecular formula is C37H50N8O4. The van der Waals surface area contributed by atoms with Crippen LogP contribution in [0.1, 0.15) is 106 Å². The third-order valence-corrected chi connectivity index (χ3v) is 9.91. The second kappa shape index (κ2) is 16.8. The van der Waals surface area contributed by atoms with Crippen molar-refractivity contribution in [1.82, 2.24) is 39.3 Å². The first kappa shape index (κ1) is 35.9. The van der Waals surface area contributed by atoms with Gasteiger partial charge in [0.05, 0.1) is 42.7 Å². The van der Waals surface area contributed by atoms with E-state index in [1.54, 1.807) is 30.7 Å². The molecule has 0 atom stereocenters. The van der Waals surface area contributed by atoms with Gasteiger partial charge in [-0.25, -0.2) is 9.59 Å². The molecule has 49 heavy (non-hydrogen) atoms. The Morgan fingerprint density at radius 3 is 1.55 bits per heavy atom. The molecule has 12 heteroatoms. The van der Waals surface area contributed by atoms with E-state index in [1.165, 1.54) is 30.3 Å². The second-order valence-electron chi connectivity index (χ2n) is 13.1. The van der Waals surface area contributed by atoms with Crippen LogP contribution >= 0.6 is 0 Å². The van der Waals surface area contributed by atoms with E-state index in [0.717, 1.165) is 81.4 Å². The van der Waals surface area contributed by atoms with Crippen LogP contribution in [0.5, 0.6) is 0 Å². The van der Waals surface area contributed by atoms with Crippen molar-refractivity contribution >= 4 is 11.9 Å². The summed E-state index contributed by atoms with van der Waals surface area (Å²) < 4.78 is 9.26. The summed E-state index contributed by atoms with van der Waals surface area (Å²) in [6.07, 6.45) is 17.9. The molecule has 0 bridgehead atoms. The van der Waals surface area contributed by atoms with Gasteiger partial charge in [0.1, 0.15) is 0 Å². The molecule has 0 spiro atoms. The minimum atomic E-state index is -0.909. The molecule has 4 aromatic rings. The highest BCUT2D eigenvalue weighted by Gasteiger charge is 2.24. The standard InChI is InChI=1S/C19H26N4O2.C18H24N4O2/c1-4-18-15(11-14-12-20-8-5-17(14)19(24)25-3)13-21-23(18)16-6-9-22(2)10-7-16;1-3-17-14(10-13-11-19-7-4-16(13)18(23)24)12-20-22(17)15-5-8-21(2)9-6-15/h5,8,12-13,16H,4,6-7,9-11H2,1-3H3;4,7,11-12,15H,3,5-6,8-10H2,1-2H3,(H,23,24). The van der Waals surface area contributed by atoms with E-state index in [1.807, 2.05) is 12.4 Å². The van der Waals surface area contributed by atoms with Crippen LogP contribution in [-0.2, 0) is 30.4 Å². The Balaban J connectivity index is 0.000000191. The first-order chi connectivity index (χ1) is 23.7. The fourth-order valence-electron chi connectivity index (χ4n) is 7.09. The number of nitrogens with zero attached hydrogens (tertiary/aromatic N) is 8. The molecule has 4 aromatic heterocycles. The van der Waals surface area contributed by atoms with Gasteiger partial charge in [-0.15, -0.1) is 0 Å². The average Bonchev–Trinajstić information content (AvgIpc) is 3.72. The van der Waals surface area contributed by atoms with Crippen LogP contribution in [0.4, 0.5) is 0 Å². The SMILES string of the molecule is CCc1c(Cc2cnccc2C(=O)O)cnn1C1CCN(C)CC1.CCc1c(Cc2cnccc2C(=O)OC)cnn1C1CCN(C)CC1. The molecule has 12 nitrogen and oxygen atoms in total. The van der Waals surface area contributed by atoms with Crippen LogP contribution in [-0.4, -0.2) is 104 Å². The lowest BCUT2D eigenvalue weighted by atomic mass is 10.0. The Hall–Kier alpha value is -4.42. The number of carboxylic acid groups (broad SMARTS) is 1. The van der Waals surface area contributed by atoms with Gasteiger partial charge in [0.25, 0.3) is 0 Å². The van der Waals surface area contributed by atoms with E-state index in [-0.39, 0.29) is 5.97 Å². The first-order valence-corrected chi connectivity index (χ1v) is 17.4. The summed E-state index contributed by atoms with van der Waals surface area (Å²) in [7, 11) is 5.73. The van der Waals surface area contributed by atoms with Crippen LogP contribution in [0.2, 0.25) is 0 Å². The number of hydrogen-bond donors (Lipinski definition) is 1. The van der Waals surface area contributed by atoms with E-state index in [0.29, 0.717) is 36.1 Å². The number of aromatic carboxylic acids is 1. The zero-order valence-corrected chi connectivity index (χ0v) is 29.5. The van der Waals surface area contributed by atoms with Crippen LogP contribution < -0.4 is 0 Å². The zero-order chi connectivity index (χ0) is 34.9. The number of hydrogen-bond acceptors (Lipinski definition) is 9. The van der Waals surface area contributed by atoms with Crippen molar-refractivity contribution in [2.24, 2.45) is 0 Å². The van der Waals surface area contributed by atoms with Gasteiger partial charge in [0.15, 0.2) is 0 Å². The third kappa shape index (κ3) is 8.60. The van der Waals surface area contributed by atoms with Crippen LogP contribution in [0.25, 0.3) is 0 Å². The van der Waals surface area contributed by atoms with Crippen LogP contribution in [0, 0.1) is 0 Å². The molecule has 0 aromatic carbocycles. The van der Waals surface area contributed by atoms with Crippen molar-refractivity contribution in [2.75, 3.05) is 47.4 Å². The summed E-state index contributed by atoms with van der Waals surface area (Å²) in [5.74, 6) is -1.23. The van der Waals surface area contributed by atoms with Gasteiger partial charge in [-0.1, -0.05) is 13.8 Å². The van der Waals surface area contributed by atoms with Crippen LogP contribution in [0.15, 0.2) is 49.3 Å². The number of carbonyl (C=O) groups excluding carboxylic acids is 1. The Kier molecular flexibility index (Phi) is 12.3. The average molecular weight is 671 g/mol. The molecule has 2 aliphatic rings. The number of ether oxygens (including phenoxy) is 1. The molecule has 0 saturated carbocycles. The number of rotatable bonds is 10. The number of esters is 1. The van der Waals surface area contributed by atoms with Gasteiger partial charge >= 0.3 is 11.9 Å². The molecule has 2 saturated heterocycles. The number of carboxylic acids is 1. The van der Waals surface area contributed by atoms with Gasteiger partial charge in [-0.05, 0) is 113 Å². The summed E-state index contributed by atoms with van der Waals surface area (Å²) in [4.78, 5) is 36.4. The monoisotopic (exact) mass is 670 g/mol. The molecule has 1 N–H and O–H groups in total. The first-order valence-electron chi connectivity index (χ1n) is 17.4. The summed E-state index contributed by atoms with van der Waals surface area (Å²) in [6, 6.07) is 4.19. The van der Waals surface area contributed by atoms with Gasteiger partial charge in [-0.2, -0.15) is 10.2 Å². The number of likely N-dealkylation sites (tertiary alicyclic amines) is 2. The molecule has 6 heterocycles. The number of carbonyl (C=O) groups is 2. The summed E-state index contributed by atoms with van der Waals surface area (Å²) in [6.45, 7) is 8.70. The van der Waals surface area contributed by atoms with E-state index in [4.69, 9.17) is 4.74 Å². The molecule has 262 valence electrons. The maximum absolute atomic E-state index is 12.0. The number of pyridine rings is 2. The largest absolute Gasteiger partial charge is 0.478 e. The lowest BCUT2D eigenvalue weighted by Crippen LogP contribution is -2.32. The zero-order valence-electron chi connectivity index (χ0n) is 29.5. The highest BCUT2D eigenvalue weighted by atomic mass is 16.5. The predicted molar refractivity (Wildman–Crippen MR) is 187 cm³/mol. The quantitative estimate of drug-likeness (QED) is 0.233. The third-order valence-electron chi connectivity index (χ3n) is 9.91. The molecule has 0 radical (unpaired) electrons. The summed E-state index contributed by atoms with van der Waals surface area (Å²) in [5, 5.41) is 18.7. The molecule has 2 aliphatic heterocycles. The van der Waals surface area contributed by atoms with Gasteiger partial charge < -0.3 is 19.6 Å². The van der Waals surface area contributed by atoms with E-state index in [9.17, 15) is 14.7 Å². The molecule has 0 unspecified atom stereocenters. The van der Waals surface area contributed by atoms with Crippen LogP contribution in [0.3, 0.4) is 0 Å². The molecule has 0 aliphatic carbocycles. The topological polar surface area (TPSA) is 132 Å². The maximum Gasteiger partial charge on any atom is 0.338 e. The predicted octanol–water partition coefficient (Wildman–Crippen LogP) is 4.88. The molecular weight excluding hydrogens is 620 g/mol. The van der Waals surface area contributed by atoms with E-state index in [2.05, 4.69) is 67.3 Å². The number of piperidine rings is 2. The van der Waals surface area contributed by atoms with E-state index >= 15 is 0 Å². The second-order valence-corrected chi connectivity index (χ2v) is 13.1. The van der Waals surface area contributed by atoms with Crippen molar-refractivity contribution < 1.29 is 19.4 Å². The van der Waals surface area contributed by atoms with Crippen molar-refractivity contribution in [1.29, 1.82) is 0 Å². The van der Waals surface area contributed by atoms with Gasteiger partial charge in [0.2, 0.25) is 0 Å². The number of aromatic nitrogens is 6. The van der Waals surface area contributed by atoms with Crippen molar-refractivity contribution in [3.8, 4) is 0 Å². The summed E-state index contributed by atoms with van der Waals surface area (Å²) in [5.41, 5.74) is 7.26. The lowest BCUT2D eigenvalue weighted by molar-refractivity contribution is 0.0598. The number of methoxy groups -OCH3 is 1. The minimum Gasteiger partial charge on any atom is -0.478 e. The van der Waals surface area contributed by atoms with E-state index < -0.39 is 5.97 Å². The Bertz CT molecular complexity index is 1700. The fraction of sp³-hybridized carbons (Fsp3) is 0.514. The Labute approximate surface area is 289 Å². The highest BCUT2D eigenvalue weighted by Crippen LogP contribution is 2.28. The lowest BCUT2D eigenvalue weighted by Gasteiger charge is -2.30. The Morgan fingerprint density at radius 2 is 1.14 bits per heavy atom.